The van der Waals surface area contributed by atoms with Crippen molar-refractivity contribution in [1.82, 2.24) is 15.1 Å². The van der Waals surface area contributed by atoms with Gasteiger partial charge in [0.25, 0.3) is 5.91 Å². The van der Waals surface area contributed by atoms with Crippen LogP contribution in [0.2, 0.25) is 0 Å². The van der Waals surface area contributed by atoms with Gasteiger partial charge in [-0.2, -0.15) is 5.26 Å². The van der Waals surface area contributed by atoms with Gasteiger partial charge in [-0.25, -0.2) is 4.79 Å². The summed E-state index contributed by atoms with van der Waals surface area (Å²) >= 11 is 0. The Morgan fingerprint density at radius 3 is 2.40 bits per heavy atom. The lowest BCUT2D eigenvalue weighted by molar-refractivity contribution is -0.141. The average molecular weight is 412 g/mol. The van der Waals surface area contributed by atoms with Crippen molar-refractivity contribution in [2.24, 2.45) is 0 Å². The third-order valence-electron chi connectivity index (χ3n) is 6.49. The first-order valence-corrected chi connectivity index (χ1v) is 10.3. The summed E-state index contributed by atoms with van der Waals surface area (Å²) in [4.78, 5) is 41.3. The van der Waals surface area contributed by atoms with Crippen LogP contribution in [0.3, 0.4) is 0 Å². The smallest absolute Gasteiger partial charge is 0.325 e. The van der Waals surface area contributed by atoms with Gasteiger partial charge in [0.1, 0.15) is 23.4 Å². The quantitative estimate of drug-likeness (QED) is 0.724. The lowest BCUT2D eigenvalue weighted by atomic mass is 9.81. The van der Waals surface area contributed by atoms with Gasteiger partial charge >= 0.3 is 6.03 Å². The van der Waals surface area contributed by atoms with Gasteiger partial charge in [0, 0.05) is 7.05 Å². The largest absolute Gasteiger partial charge is 0.497 e. The van der Waals surface area contributed by atoms with Crippen LogP contribution in [-0.2, 0) is 15.1 Å². The maximum atomic E-state index is 13.3. The highest BCUT2D eigenvalue weighted by molar-refractivity contribution is 6.09. The van der Waals surface area contributed by atoms with Crippen LogP contribution in [0.4, 0.5) is 4.79 Å². The number of urea groups is 1. The number of amides is 4. The topological polar surface area (TPSA) is 103 Å². The lowest BCUT2D eigenvalue weighted by Gasteiger charge is -2.39. The maximum absolute atomic E-state index is 13.3. The molecule has 1 atom stereocenters. The molecule has 1 aromatic rings. The molecule has 160 valence electrons. The molecule has 1 aliphatic carbocycles. The predicted molar refractivity (Wildman–Crippen MR) is 109 cm³/mol. The van der Waals surface area contributed by atoms with Crippen LogP contribution in [0, 0.1) is 11.3 Å². The Labute approximate surface area is 176 Å². The molecule has 8 heteroatoms. The number of imide groups is 1. The zero-order valence-electron chi connectivity index (χ0n) is 17.7. The Morgan fingerprint density at radius 2 is 1.87 bits per heavy atom. The number of carbonyl (C=O) groups excluding carboxylic acids is 3. The van der Waals surface area contributed by atoms with Gasteiger partial charge in [-0.05, 0) is 37.0 Å². The van der Waals surface area contributed by atoms with E-state index in [2.05, 4.69) is 11.4 Å². The highest BCUT2D eigenvalue weighted by atomic mass is 16.5. The van der Waals surface area contributed by atoms with Crippen molar-refractivity contribution in [3.63, 3.8) is 0 Å². The minimum absolute atomic E-state index is 0.340. The Kier molecular flexibility index (Phi) is 6.01. The van der Waals surface area contributed by atoms with Gasteiger partial charge in [-0.1, -0.05) is 38.3 Å². The second kappa shape index (κ2) is 8.34. The molecule has 1 aliphatic heterocycles. The zero-order chi connectivity index (χ0) is 21.9. The van der Waals surface area contributed by atoms with Gasteiger partial charge in [-0.15, -0.1) is 0 Å². The van der Waals surface area contributed by atoms with Crippen LogP contribution in [0.15, 0.2) is 24.3 Å². The first-order chi connectivity index (χ1) is 14.3. The van der Waals surface area contributed by atoms with Crippen molar-refractivity contribution >= 4 is 17.8 Å². The van der Waals surface area contributed by atoms with E-state index in [4.69, 9.17) is 4.74 Å². The Hall–Kier alpha value is -3.08. The van der Waals surface area contributed by atoms with Gasteiger partial charge < -0.3 is 15.0 Å². The van der Waals surface area contributed by atoms with E-state index in [0.717, 1.165) is 24.2 Å². The summed E-state index contributed by atoms with van der Waals surface area (Å²) in [6.45, 7) is 1.43. The molecule has 1 unspecified atom stereocenters. The number of methoxy groups -OCH3 is 1. The number of benzene rings is 1. The molecular formula is C22H28N4O4. The molecule has 3 rings (SSSR count). The molecule has 4 amide bonds. The van der Waals surface area contributed by atoms with Gasteiger partial charge in [0.2, 0.25) is 5.91 Å². The average Bonchev–Trinajstić information content (AvgIpc) is 3.04. The maximum Gasteiger partial charge on any atom is 0.325 e. The number of nitrogens with one attached hydrogen (secondary N) is 1. The van der Waals surface area contributed by atoms with Crippen LogP contribution in [0.25, 0.3) is 0 Å². The molecule has 2 fully saturated rings. The van der Waals surface area contributed by atoms with E-state index in [1.807, 2.05) is 6.92 Å². The summed E-state index contributed by atoms with van der Waals surface area (Å²) < 4.78 is 5.16. The molecule has 1 saturated carbocycles. The molecule has 0 radical (unpaired) electrons. The summed E-state index contributed by atoms with van der Waals surface area (Å²) in [6.07, 6.45) is 4.36. The third-order valence-corrected chi connectivity index (χ3v) is 6.49. The van der Waals surface area contributed by atoms with Crippen LogP contribution in [-0.4, -0.2) is 53.9 Å². The molecular weight excluding hydrogens is 384 g/mol. The fraction of sp³-hybridized carbons (Fsp3) is 0.545. The van der Waals surface area contributed by atoms with E-state index < -0.39 is 28.9 Å². The summed E-state index contributed by atoms with van der Waals surface area (Å²) in [6, 6.07) is 8.64. The highest BCUT2D eigenvalue weighted by Gasteiger charge is 2.52. The number of hydrogen-bond acceptors (Lipinski definition) is 5. The predicted octanol–water partition coefficient (Wildman–Crippen LogP) is 2.54. The number of nitrogens with zero attached hydrogens (tertiary/aromatic N) is 3. The number of hydrogen-bond donors (Lipinski definition) is 1. The molecule has 2 aliphatic rings. The fourth-order valence-corrected chi connectivity index (χ4v) is 4.42. The highest BCUT2D eigenvalue weighted by Crippen LogP contribution is 2.35. The van der Waals surface area contributed by atoms with E-state index in [1.165, 1.54) is 4.90 Å². The summed E-state index contributed by atoms with van der Waals surface area (Å²) in [5.74, 6) is -0.232. The van der Waals surface area contributed by atoms with Crippen molar-refractivity contribution in [2.75, 3.05) is 20.7 Å². The number of rotatable bonds is 6. The summed E-state index contributed by atoms with van der Waals surface area (Å²) in [7, 11) is 3.14. The summed E-state index contributed by atoms with van der Waals surface area (Å²) in [5, 5.41) is 12.5. The van der Waals surface area contributed by atoms with E-state index in [0.29, 0.717) is 30.6 Å². The molecule has 1 aromatic carbocycles. The second-order valence-corrected chi connectivity index (χ2v) is 7.97. The Bertz CT molecular complexity index is 870. The molecule has 0 spiro atoms. The number of likely N-dealkylation sites (N-methyl/N-ethyl adjacent to an activating group) is 1. The van der Waals surface area contributed by atoms with E-state index in [-0.39, 0.29) is 6.54 Å². The SMILES string of the molecule is CCC1(c2ccc(OC)cc2)NC(=O)N(CC(=O)N(C)C2(C#N)CCCCC2)C1=O. The van der Waals surface area contributed by atoms with Gasteiger partial charge in [0.05, 0.1) is 13.2 Å². The molecule has 8 nitrogen and oxygen atoms in total. The minimum Gasteiger partial charge on any atom is -0.497 e. The monoisotopic (exact) mass is 412 g/mol. The normalized spacial score (nSPS) is 22.9. The molecule has 1 heterocycles. The standard InChI is InChI=1S/C22H28N4O4/c1-4-22(16-8-10-17(30-3)11-9-16)19(28)26(20(29)24-22)14-18(27)25(2)21(15-23)12-6-5-7-13-21/h8-11H,4-7,12-14H2,1-3H3,(H,24,29). The van der Waals surface area contributed by atoms with Crippen molar-refractivity contribution < 1.29 is 19.1 Å². The molecule has 30 heavy (non-hydrogen) atoms. The number of nitriles is 1. The minimum atomic E-state index is -1.22. The second-order valence-electron chi connectivity index (χ2n) is 7.97. The zero-order valence-corrected chi connectivity index (χ0v) is 17.7. The Balaban J connectivity index is 1.81. The Morgan fingerprint density at radius 1 is 1.23 bits per heavy atom. The lowest BCUT2D eigenvalue weighted by Crippen LogP contribution is -2.53. The van der Waals surface area contributed by atoms with Crippen LogP contribution in [0.5, 0.6) is 5.75 Å². The van der Waals surface area contributed by atoms with E-state index >= 15 is 0 Å². The molecule has 1 saturated heterocycles. The number of ether oxygens (including phenoxy) is 1. The van der Waals surface area contributed by atoms with Crippen LogP contribution < -0.4 is 10.1 Å². The third kappa shape index (κ3) is 3.49. The van der Waals surface area contributed by atoms with Crippen molar-refractivity contribution in [3.05, 3.63) is 29.8 Å². The van der Waals surface area contributed by atoms with Gasteiger partial charge in [-0.3, -0.25) is 14.5 Å². The van der Waals surface area contributed by atoms with Gasteiger partial charge in [0.15, 0.2) is 0 Å². The first-order valence-electron chi connectivity index (χ1n) is 10.3. The van der Waals surface area contributed by atoms with Crippen molar-refractivity contribution in [2.45, 2.75) is 56.5 Å². The van der Waals surface area contributed by atoms with Crippen molar-refractivity contribution in [3.8, 4) is 11.8 Å². The molecule has 0 bridgehead atoms. The molecule has 1 N–H and O–H groups in total. The van der Waals surface area contributed by atoms with Crippen LogP contribution in [0.1, 0.15) is 51.0 Å². The number of carbonyl (C=O) groups is 3. The first kappa shape index (κ1) is 21.6. The van der Waals surface area contributed by atoms with E-state index in [1.54, 1.807) is 38.4 Å². The summed E-state index contributed by atoms with van der Waals surface area (Å²) in [5.41, 5.74) is -1.46. The van der Waals surface area contributed by atoms with Crippen molar-refractivity contribution in [1.29, 1.82) is 5.26 Å². The fourth-order valence-electron chi connectivity index (χ4n) is 4.42. The molecule has 0 aromatic heterocycles. The van der Waals surface area contributed by atoms with Crippen LogP contribution >= 0.6 is 0 Å². The van der Waals surface area contributed by atoms with E-state index in [9.17, 15) is 19.6 Å².